The summed E-state index contributed by atoms with van der Waals surface area (Å²) in [7, 11) is 0. The predicted octanol–water partition coefficient (Wildman–Crippen LogP) is 1.26. The Morgan fingerprint density at radius 3 is 2.62 bits per heavy atom. The zero-order valence-electron chi connectivity index (χ0n) is 8.12. The first-order chi connectivity index (χ1) is 6.15. The molecule has 0 radical (unpaired) electrons. The molecule has 3 atom stereocenters. The third kappa shape index (κ3) is 1.32. The second-order valence-corrected chi connectivity index (χ2v) is 5.71. The van der Waals surface area contributed by atoms with Crippen LogP contribution in [0.3, 0.4) is 0 Å². The maximum Gasteiger partial charge on any atom is 0.0818 e. The first kappa shape index (κ1) is 9.81. The van der Waals surface area contributed by atoms with E-state index in [2.05, 4.69) is 6.92 Å². The maximum absolute atomic E-state index is 10.5. The largest absolute Gasteiger partial charge is 0.396 e. The second kappa shape index (κ2) is 3.14. The van der Waals surface area contributed by atoms with Crippen LogP contribution in [0.15, 0.2) is 0 Å². The van der Waals surface area contributed by atoms with Crippen LogP contribution in [0.25, 0.3) is 0 Å². The van der Waals surface area contributed by atoms with Crippen molar-refractivity contribution in [2.45, 2.75) is 31.8 Å². The van der Waals surface area contributed by atoms with Crippen LogP contribution in [0.2, 0.25) is 0 Å². The van der Waals surface area contributed by atoms with Crippen molar-refractivity contribution in [3.63, 3.8) is 0 Å². The molecule has 0 spiro atoms. The van der Waals surface area contributed by atoms with Crippen molar-refractivity contribution in [1.29, 1.82) is 0 Å². The number of thioether (sulfide) groups is 1. The quantitative estimate of drug-likeness (QED) is 0.708. The molecule has 3 heteroatoms. The Balaban J connectivity index is 2.12. The molecule has 1 aliphatic heterocycles. The van der Waals surface area contributed by atoms with E-state index in [4.69, 9.17) is 0 Å². The minimum absolute atomic E-state index is 0.152. The number of aliphatic hydroxyl groups excluding tert-OH is 1. The highest BCUT2D eigenvalue weighted by Crippen LogP contribution is 2.61. The lowest BCUT2D eigenvalue weighted by Gasteiger charge is -2.39. The van der Waals surface area contributed by atoms with Crippen LogP contribution >= 0.6 is 11.8 Å². The summed E-state index contributed by atoms with van der Waals surface area (Å²) in [4.78, 5) is 0. The molecule has 2 N–H and O–H groups in total. The van der Waals surface area contributed by atoms with Gasteiger partial charge in [-0.3, -0.25) is 0 Å². The van der Waals surface area contributed by atoms with E-state index in [1.165, 1.54) is 0 Å². The lowest BCUT2D eigenvalue weighted by Crippen LogP contribution is -2.47. The minimum Gasteiger partial charge on any atom is -0.396 e. The predicted molar refractivity (Wildman–Crippen MR) is 54.8 cm³/mol. The summed E-state index contributed by atoms with van der Waals surface area (Å²) in [5.41, 5.74) is -0.732. The molecule has 2 fully saturated rings. The third-order valence-corrected chi connectivity index (χ3v) is 5.14. The highest BCUT2D eigenvalue weighted by molar-refractivity contribution is 7.99. The first-order valence-corrected chi connectivity index (χ1v) is 6.21. The topological polar surface area (TPSA) is 40.5 Å². The summed E-state index contributed by atoms with van der Waals surface area (Å²) in [5.74, 6) is 2.48. The second-order valence-electron chi connectivity index (χ2n) is 4.61. The van der Waals surface area contributed by atoms with Gasteiger partial charge in [-0.15, -0.1) is 0 Å². The summed E-state index contributed by atoms with van der Waals surface area (Å²) < 4.78 is 0. The van der Waals surface area contributed by atoms with Gasteiger partial charge in [-0.1, -0.05) is 6.92 Å². The van der Waals surface area contributed by atoms with Crippen LogP contribution in [0, 0.1) is 11.3 Å². The van der Waals surface area contributed by atoms with Crippen LogP contribution in [0.1, 0.15) is 26.2 Å². The fourth-order valence-corrected chi connectivity index (χ4v) is 3.94. The van der Waals surface area contributed by atoms with Crippen molar-refractivity contribution in [2.75, 3.05) is 18.1 Å². The van der Waals surface area contributed by atoms with E-state index >= 15 is 0 Å². The number of aliphatic hydroxyl groups is 2. The molecule has 1 heterocycles. The van der Waals surface area contributed by atoms with E-state index in [1.807, 2.05) is 11.8 Å². The Morgan fingerprint density at radius 2 is 2.23 bits per heavy atom. The molecular weight excluding hydrogens is 184 g/mol. The molecular formula is C10H18O2S. The standard InChI is InChI=1S/C10H18O2S/c1-8-5-9(8,6-11)10(12)3-2-4-13-7-10/h8,11-12H,2-7H2,1H3. The molecule has 0 aromatic rings. The third-order valence-electron chi connectivity index (χ3n) is 3.88. The van der Waals surface area contributed by atoms with E-state index in [-0.39, 0.29) is 12.0 Å². The number of rotatable bonds is 2. The molecule has 2 rings (SSSR count). The van der Waals surface area contributed by atoms with Crippen molar-refractivity contribution in [1.82, 2.24) is 0 Å². The molecule has 2 aliphatic rings. The SMILES string of the molecule is CC1CC1(CO)C1(O)CCCSC1. The van der Waals surface area contributed by atoms with Crippen molar-refractivity contribution >= 4 is 11.8 Å². The number of hydrogen-bond donors (Lipinski definition) is 2. The Labute approximate surface area is 83.7 Å². The molecule has 1 saturated carbocycles. The molecule has 76 valence electrons. The molecule has 0 aromatic carbocycles. The lowest BCUT2D eigenvalue weighted by atomic mass is 9.80. The fourth-order valence-electron chi connectivity index (χ4n) is 2.68. The van der Waals surface area contributed by atoms with E-state index in [0.29, 0.717) is 5.92 Å². The highest BCUT2D eigenvalue weighted by Gasteiger charge is 2.63. The Kier molecular flexibility index (Phi) is 2.37. The summed E-state index contributed by atoms with van der Waals surface area (Å²) in [6.45, 7) is 2.29. The van der Waals surface area contributed by atoms with Gasteiger partial charge in [-0.2, -0.15) is 11.8 Å². The summed E-state index contributed by atoms with van der Waals surface area (Å²) in [5, 5.41) is 19.8. The van der Waals surface area contributed by atoms with Gasteiger partial charge < -0.3 is 10.2 Å². The smallest absolute Gasteiger partial charge is 0.0818 e. The molecule has 13 heavy (non-hydrogen) atoms. The van der Waals surface area contributed by atoms with Gasteiger partial charge in [-0.25, -0.2) is 0 Å². The Morgan fingerprint density at radius 1 is 1.54 bits per heavy atom. The zero-order chi connectivity index (χ0) is 9.53. The van der Waals surface area contributed by atoms with Crippen molar-refractivity contribution in [2.24, 2.45) is 11.3 Å². The van der Waals surface area contributed by atoms with Crippen LogP contribution in [-0.4, -0.2) is 33.9 Å². The average molecular weight is 202 g/mol. The van der Waals surface area contributed by atoms with Crippen LogP contribution in [-0.2, 0) is 0 Å². The zero-order valence-corrected chi connectivity index (χ0v) is 8.94. The van der Waals surface area contributed by atoms with E-state index in [0.717, 1.165) is 30.8 Å². The van der Waals surface area contributed by atoms with Crippen molar-refractivity contribution in [3.8, 4) is 0 Å². The van der Waals surface area contributed by atoms with Gasteiger partial charge in [0, 0.05) is 11.2 Å². The van der Waals surface area contributed by atoms with Crippen LogP contribution < -0.4 is 0 Å². The molecule has 0 aromatic heterocycles. The molecule has 0 bridgehead atoms. The monoisotopic (exact) mass is 202 g/mol. The van der Waals surface area contributed by atoms with E-state index in [1.54, 1.807) is 0 Å². The fraction of sp³-hybridized carbons (Fsp3) is 1.00. The van der Waals surface area contributed by atoms with Crippen molar-refractivity contribution < 1.29 is 10.2 Å². The van der Waals surface area contributed by atoms with Crippen LogP contribution in [0.5, 0.6) is 0 Å². The molecule has 1 aliphatic carbocycles. The van der Waals surface area contributed by atoms with Gasteiger partial charge in [0.15, 0.2) is 0 Å². The van der Waals surface area contributed by atoms with Gasteiger partial charge in [0.25, 0.3) is 0 Å². The average Bonchev–Trinajstić information content (AvgIpc) is 2.80. The molecule has 0 amide bonds. The number of hydrogen-bond acceptors (Lipinski definition) is 3. The lowest BCUT2D eigenvalue weighted by molar-refractivity contribution is -0.0515. The van der Waals surface area contributed by atoms with Crippen LogP contribution in [0.4, 0.5) is 0 Å². The Bertz CT molecular complexity index is 197. The summed E-state index contributed by atoms with van der Waals surface area (Å²) >= 11 is 1.83. The van der Waals surface area contributed by atoms with E-state index in [9.17, 15) is 10.2 Å². The summed E-state index contributed by atoms with van der Waals surface area (Å²) in [6, 6.07) is 0. The van der Waals surface area contributed by atoms with Crippen molar-refractivity contribution in [3.05, 3.63) is 0 Å². The molecule has 2 nitrogen and oxygen atoms in total. The minimum atomic E-state index is -0.579. The van der Waals surface area contributed by atoms with Gasteiger partial charge >= 0.3 is 0 Å². The highest BCUT2D eigenvalue weighted by atomic mass is 32.2. The van der Waals surface area contributed by atoms with Gasteiger partial charge in [0.1, 0.15) is 0 Å². The first-order valence-electron chi connectivity index (χ1n) is 5.06. The summed E-state index contributed by atoms with van der Waals surface area (Å²) in [6.07, 6.45) is 2.97. The van der Waals surface area contributed by atoms with Gasteiger partial charge in [0.2, 0.25) is 0 Å². The maximum atomic E-state index is 10.5. The van der Waals surface area contributed by atoms with Gasteiger partial charge in [-0.05, 0) is 30.9 Å². The Hall–Kier alpha value is 0.270. The normalized spacial score (nSPS) is 50.5. The molecule has 3 unspecified atom stereocenters. The molecule has 1 saturated heterocycles. The van der Waals surface area contributed by atoms with Gasteiger partial charge in [0.05, 0.1) is 12.2 Å². The van der Waals surface area contributed by atoms with E-state index < -0.39 is 5.60 Å².